The lowest BCUT2D eigenvalue weighted by molar-refractivity contribution is 0.320. The van der Waals surface area contributed by atoms with Crippen molar-refractivity contribution in [3.8, 4) is 0 Å². The molecule has 1 fully saturated rings. The predicted octanol–water partition coefficient (Wildman–Crippen LogP) is 1.33. The maximum atomic E-state index is 3.46. The molecule has 0 amide bonds. The number of piperidine rings is 1. The molecule has 0 unspecified atom stereocenters. The minimum absolute atomic E-state index is 0.957. The van der Waals surface area contributed by atoms with Crippen LogP contribution in [0.15, 0.2) is 0 Å². The summed E-state index contributed by atoms with van der Waals surface area (Å²) in [5.41, 5.74) is 0. The van der Waals surface area contributed by atoms with Gasteiger partial charge in [-0.15, -0.1) is 0 Å². The van der Waals surface area contributed by atoms with Gasteiger partial charge in [0.15, 0.2) is 0 Å². The normalized spacial score (nSPS) is 24.8. The van der Waals surface area contributed by atoms with Crippen LogP contribution in [-0.2, 0) is 0 Å². The molecule has 1 aliphatic rings. The van der Waals surface area contributed by atoms with Crippen LogP contribution in [0.5, 0.6) is 0 Å². The topological polar surface area (TPSA) is 15.3 Å². The summed E-state index contributed by atoms with van der Waals surface area (Å²) in [6.07, 6.45) is 5.59. The fourth-order valence-electron chi connectivity index (χ4n) is 1.87. The first kappa shape index (κ1) is 10.0. The summed E-state index contributed by atoms with van der Waals surface area (Å²) in [7, 11) is 4.30. The fourth-order valence-corrected chi connectivity index (χ4v) is 1.87. The summed E-state index contributed by atoms with van der Waals surface area (Å²) in [5, 5.41) is 3.46. The summed E-state index contributed by atoms with van der Waals surface area (Å²) in [4.78, 5) is 2.27. The highest BCUT2D eigenvalue weighted by molar-refractivity contribution is 4.68. The Bertz CT molecular complexity index is 106. The van der Waals surface area contributed by atoms with Crippen LogP contribution in [0.2, 0.25) is 0 Å². The monoisotopic (exact) mass is 170 g/mol. The van der Waals surface area contributed by atoms with Gasteiger partial charge in [-0.25, -0.2) is 0 Å². The lowest BCUT2D eigenvalue weighted by Gasteiger charge is -2.23. The molecule has 12 heavy (non-hydrogen) atoms. The van der Waals surface area contributed by atoms with Crippen molar-refractivity contribution in [1.29, 1.82) is 0 Å². The van der Waals surface area contributed by atoms with Crippen molar-refractivity contribution in [2.45, 2.75) is 25.7 Å². The molecule has 1 heterocycles. The Labute approximate surface area is 76.3 Å². The third-order valence-corrected chi connectivity index (χ3v) is 2.62. The van der Waals surface area contributed by atoms with Gasteiger partial charge >= 0.3 is 0 Å². The molecule has 0 radical (unpaired) electrons. The van der Waals surface area contributed by atoms with Crippen molar-refractivity contribution < 1.29 is 0 Å². The molecule has 0 aromatic rings. The highest BCUT2D eigenvalue weighted by Crippen LogP contribution is 2.15. The van der Waals surface area contributed by atoms with Gasteiger partial charge in [0.25, 0.3) is 0 Å². The third kappa shape index (κ3) is 4.07. The second-order valence-corrected chi connectivity index (χ2v) is 4.16. The molecule has 1 N–H and O–H groups in total. The smallest absolute Gasteiger partial charge is 0.00205 e. The Morgan fingerprint density at radius 1 is 1.42 bits per heavy atom. The lowest BCUT2D eigenvalue weighted by Crippen LogP contribution is -2.30. The molecule has 1 aliphatic heterocycles. The van der Waals surface area contributed by atoms with E-state index in [9.17, 15) is 0 Å². The Morgan fingerprint density at radius 3 is 2.83 bits per heavy atom. The number of hydrogen-bond acceptors (Lipinski definition) is 2. The first-order valence-electron chi connectivity index (χ1n) is 5.14. The summed E-state index contributed by atoms with van der Waals surface area (Å²) >= 11 is 0. The van der Waals surface area contributed by atoms with E-state index in [0.29, 0.717) is 0 Å². The molecule has 0 aliphatic carbocycles. The van der Waals surface area contributed by atoms with E-state index in [0.717, 1.165) is 5.92 Å². The van der Waals surface area contributed by atoms with Gasteiger partial charge in [0.2, 0.25) is 0 Å². The molecule has 0 saturated carbocycles. The maximum Gasteiger partial charge on any atom is -0.00205 e. The van der Waals surface area contributed by atoms with Crippen LogP contribution in [0.25, 0.3) is 0 Å². The Balaban J connectivity index is 1.98. The number of rotatable bonds is 4. The van der Waals surface area contributed by atoms with E-state index in [1.54, 1.807) is 0 Å². The van der Waals surface area contributed by atoms with E-state index in [1.807, 2.05) is 0 Å². The Morgan fingerprint density at radius 2 is 2.25 bits per heavy atom. The minimum Gasteiger partial charge on any atom is -0.316 e. The maximum absolute atomic E-state index is 3.46. The van der Waals surface area contributed by atoms with Crippen molar-refractivity contribution in [3.05, 3.63) is 0 Å². The van der Waals surface area contributed by atoms with Gasteiger partial charge in [0.05, 0.1) is 0 Å². The molecule has 0 aromatic carbocycles. The summed E-state index contributed by atoms with van der Waals surface area (Å²) < 4.78 is 0. The number of nitrogens with zero attached hydrogens (tertiary/aromatic N) is 1. The van der Waals surface area contributed by atoms with Crippen LogP contribution in [0, 0.1) is 5.92 Å². The van der Waals surface area contributed by atoms with Crippen LogP contribution < -0.4 is 5.32 Å². The van der Waals surface area contributed by atoms with Gasteiger partial charge in [-0.2, -0.15) is 0 Å². The second-order valence-electron chi connectivity index (χ2n) is 4.16. The molecule has 0 bridgehead atoms. The average Bonchev–Trinajstić information content (AvgIpc) is 2.05. The van der Waals surface area contributed by atoms with Crippen molar-refractivity contribution in [1.82, 2.24) is 10.2 Å². The Hall–Kier alpha value is -0.0800. The van der Waals surface area contributed by atoms with Gasteiger partial charge in [-0.3, -0.25) is 0 Å². The van der Waals surface area contributed by atoms with Crippen LogP contribution in [0.1, 0.15) is 25.7 Å². The molecular formula is C10H22N2. The molecule has 1 rings (SSSR count). The summed E-state index contributed by atoms with van der Waals surface area (Å²) in [6.45, 7) is 3.74. The van der Waals surface area contributed by atoms with E-state index >= 15 is 0 Å². The molecular weight excluding hydrogens is 148 g/mol. The number of hydrogen-bond donors (Lipinski definition) is 1. The number of nitrogens with one attached hydrogen (secondary N) is 1. The van der Waals surface area contributed by atoms with Gasteiger partial charge < -0.3 is 10.2 Å². The Kier molecular flexibility index (Phi) is 4.62. The van der Waals surface area contributed by atoms with Gasteiger partial charge in [-0.1, -0.05) is 0 Å². The van der Waals surface area contributed by atoms with E-state index in [4.69, 9.17) is 0 Å². The first-order valence-corrected chi connectivity index (χ1v) is 5.14. The van der Waals surface area contributed by atoms with Crippen LogP contribution in [0.4, 0.5) is 0 Å². The van der Waals surface area contributed by atoms with Gasteiger partial charge in [0, 0.05) is 0 Å². The van der Waals surface area contributed by atoms with Gasteiger partial charge in [0.1, 0.15) is 0 Å². The van der Waals surface area contributed by atoms with Crippen molar-refractivity contribution in [3.63, 3.8) is 0 Å². The van der Waals surface area contributed by atoms with Crippen LogP contribution in [-0.4, -0.2) is 38.6 Å². The SMILES string of the molecule is CN(C)CCC[C@@H]1CCCNC1. The minimum atomic E-state index is 0.957. The van der Waals surface area contributed by atoms with Crippen molar-refractivity contribution in [2.75, 3.05) is 33.7 Å². The molecule has 0 aromatic heterocycles. The highest BCUT2D eigenvalue weighted by atomic mass is 15.0. The first-order chi connectivity index (χ1) is 5.79. The van der Waals surface area contributed by atoms with Gasteiger partial charge in [-0.05, 0) is 65.3 Å². The van der Waals surface area contributed by atoms with Crippen molar-refractivity contribution >= 4 is 0 Å². The van der Waals surface area contributed by atoms with E-state index < -0.39 is 0 Å². The molecule has 2 heteroatoms. The quantitative estimate of drug-likeness (QED) is 0.684. The molecule has 2 nitrogen and oxygen atoms in total. The van der Waals surface area contributed by atoms with Crippen molar-refractivity contribution in [2.24, 2.45) is 5.92 Å². The van der Waals surface area contributed by atoms with Crippen LogP contribution in [0.3, 0.4) is 0 Å². The lowest BCUT2D eigenvalue weighted by atomic mass is 9.95. The predicted molar refractivity (Wildman–Crippen MR) is 53.4 cm³/mol. The summed E-state index contributed by atoms with van der Waals surface area (Å²) in [5.74, 6) is 0.957. The second kappa shape index (κ2) is 5.55. The average molecular weight is 170 g/mol. The summed E-state index contributed by atoms with van der Waals surface area (Å²) in [6, 6.07) is 0. The fraction of sp³-hybridized carbons (Fsp3) is 1.00. The highest BCUT2D eigenvalue weighted by Gasteiger charge is 2.11. The molecule has 0 spiro atoms. The largest absolute Gasteiger partial charge is 0.316 e. The van der Waals surface area contributed by atoms with E-state index in [1.165, 1.54) is 45.3 Å². The standard InChI is InChI=1S/C10H22N2/c1-12(2)8-4-6-10-5-3-7-11-9-10/h10-11H,3-9H2,1-2H3/t10-/m0/s1. The van der Waals surface area contributed by atoms with E-state index in [-0.39, 0.29) is 0 Å². The zero-order chi connectivity index (χ0) is 8.81. The zero-order valence-corrected chi connectivity index (χ0v) is 8.47. The zero-order valence-electron chi connectivity index (χ0n) is 8.47. The third-order valence-electron chi connectivity index (χ3n) is 2.62. The molecule has 72 valence electrons. The van der Waals surface area contributed by atoms with E-state index in [2.05, 4.69) is 24.3 Å². The van der Waals surface area contributed by atoms with Crippen LogP contribution >= 0.6 is 0 Å². The molecule has 1 atom stereocenters. The molecule has 1 saturated heterocycles.